The maximum absolute atomic E-state index is 3.67. The summed E-state index contributed by atoms with van der Waals surface area (Å²) in [5, 5.41) is 3.67. The van der Waals surface area contributed by atoms with Crippen LogP contribution in [0.3, 0.4) is 0 Å². The first-order chi connectivity index (χ1) is 10.4. The number of hydrogen-bond donors (Lipinski definition) is 1. The van der Waals surface area contributed by atoms with Crippen molar-refractivity contribution in [2.75, 3.05) is 13.1 Å². The highest BCUT2D eigenvalue weighted by Crippen LogP contribution is 2.30. The SMILES string of the molecule is c1ccc(CCCNCC2CCCc3ccccc32)cc1. The van der Waals surface area contributed by atoms with Crippen molar-refractivity contribution in [2.24, 2.45) is 0 Å². The molecule has 1 atom stereocenters. The van der Waals surface area contributed by atoms with Crippen molar-refractivity contribution in [3.8, 4) is 0 Å². The third-order valence-electron chi connectivity index (χ3n) is 4.55. The van der Waals surface area contributed by atoms with Gasteiger partial charge in [-0.05, 0) is 61.3 Å². The van der Waals surface area contributed by atoms with Crippen LogP contribution in [0.1, 0.15) is 41.9 Å². The molecule has 0 saturated heterocycles. The van der Waals surface area contributed by atoms with Gasteiger partial charge in [0.1, 0.15) is 0 Å². The van der Waals surface area contributed by atoms with Gasteiger partial charge in [0.2, 0.25) is 0 Å². The Hall–Kier alpha value is -1.60. The zero-order valence-corrected chi connectivity index (χ0v) is 12.7. The average molecular weight is 279 g/mol. The molecule has 0 spiro atoms. The van der Waals surface area contributed by atoms with Gasteiger partial charge in [0.15, 0.2) is 0 Å². The lowest BCUT2D eigenvalue weighted by atomic mass is 9.83. The van der Waals surface area contributed by atoms with Gasteiger partial charge in [0.25, 0.3) is 0 Å². The maximum atomic E-state index is 3.67. The second-order valence-electron chi connectivity index (χ2n) is 6.08. The maximum Gasteiger partial charge on any atom is 0.00202 e. The van der Waals surface area contributed by atoms with Crippen molar-refractivity contribution in [3.63, 3.8) is 0 Å². The van der Waals surface area contributed by atoms with Gasteiger partial charge >= 0.3 is 0 Å². The van der Waals surface area contributed by atoms with Gasteiger partial charge in [-0.15, -0.1) is 0 Å². The van der Waals surface area contributed by atoms with E-state index in [1.165, 1.54) is 37.7 Å². The lowest BCUT2D eigenvalue weighted by molar-refractivity contribution is 0.503. The Kier molecular flexibility index (Phi) is 5.07. The first kappa shape index (κ1) is 14.3. The number of rotatable bonds is 6. The predicted molar refractivity (Wildman–Crippen MR) is 89.8 cm³/mol. The zero-order chi connectivity index (χ0) is 14.3. The normalized spacial score (nSPS) is 17.4. The summed E-state index contributed by atoms with van der Waals surface area (Å²) in [7, 11) is 0. The molecule has 0 radical (unpaired) electrons. The Morgan fingerprint density at radius 2 is 1.76 bits per heavy atom. The van der Waals surface area contributed by atoms with Gasteiger partial charge in [-0.25, -0.2) is 0 Å². The molecule has 0 bridgehead atoms. The van der Waals surface area contributed by atoms with Crippen LogP contribution in [-0.4, -0.2) is 13.1 Å². The minimum atomic E-state index is 0.715. The first-order valence-electron chi connectivity index (χ1n) is 8.26. The van der Waals surface area contributed by atoms with Crippen molar-refractivity contribution in [2.45, 2.75) is 38.0 Å². The topological polar surface area (TPSA) is 12.0 Å². The fourth-order valence-corrected chi connectivity index (χ4v) is 3.41. The van der Waals surface area contributed by atoms with Crippen molar-refractivity contribution in [3.05, 3.63) is 71.3 Å². The molecule has 110 valence electrons. The summed E-state index contributed by atoms with van der Waals surface area (Å²) in [5.41, 5.74) is 4.60. The molecule has 1 N–H and O–H groups in total. The van der Waals surface area contributed by atoms with Crippen molar-refractivity contribution < 1.29 is 0 Å². The molecule has 0 aromatic heterocycles. The molecule has 0 saturated carbocycles. The van der Waals surface area contributed by atoms with E-state index in [1.54, 1.807) is 11.1 Å². The van der Waals surface area contributed by atoms with Crippen molar-refractivity contribution >= 4 is 0 Å². The highest BCUT2D eigenvalue weighted by Gasteiger charge is 2.18. The fraction of sp³-hybridized carbons (Fsp3) is 0.400. The first-order valence-corrected chi connectivity index (χ1v) is 8.26. The van der Waals surface area contributed by atoms with Crippen LogP contribution in [0.4, 0.5) is 0 Å². The molecule has 21 heavy (non-hydrogen) atoms. The van der Waals surface area contributed by atoms with Crippen LogP contribution in [0.2, 0.25) is 0 Å². The highest BCUT2D eigenvalue weighted by molar-refractivity contribution is 5.32. The Morgan fingerprint density at radius 3 is 2.67 bits per heavy atom. The van der Waals surface area contributed by atoms with Crippen LogP contribution in [0.5, 0.6) is 0 Å². The van der Waals surface area contributed by atoms with E-state index in [4.69, 9.17) is 0 Å². The second-order valence-corrected chi connectivity index (χ2v) is 6.08. The van der Waals surface area contributed by atoms with Crippen LogP contribution >= 0.6 is 0 Å². The summed E-state index contributed by atoms with van der Waals surface area (Å²) in [6.07, 6.45) is 6.34. The van der Waals surface area contributed by atoms with Crippen LogP contribution in [0, 0.1) is 0 Å². The molecule has 0 aliphatic heterocycles. The number of benzene rings is 2. The third-order valence-corrected chi connectivity index (χ3v) is 4.55. The summed E-state index contributed by atoms with van der Waals surface area (Å²) in [4.78, 5) is 0. The van der Waals surface area contributed by atoms with E-state index in [-0.39, 0.29) is 0 Å². The molecule has 1 aliphatic carbocycles. The standard InChI is InChI=1S/C20H25N/c1-2-8-17(9-3-1)10-7-15-21-16-19-13-6-12-18-11-4-5-14-20(18)19/h1-5,8-9,11,14,19,21H,6-7,10,12-13,15-16H2. The Bertz CT molecular complexity index is 547. The molecule has 0 amide bonds. The third kappa shape index (κ3) is 3.95. The Morgan fingerprint density at radius 1 is 0.952 bits per heavy atom. The molecule has 1 unspecified atom stereocenters. The van der Waals surface area contributed by atoms with Crippen molar-refractivity contribution in [1.82, 2.24) is 5.32 Å². The number of nitrogens with one attached hydrogen (secondary N) is 1. The lowest BCUT2D eigenvalue weighted by Crippen LogP contribution is -2.25. The number of fused-ring (bicyclic) bond motifs is 1. The van der Waals surface area contributed by atoms with Gasteiger partial charge in [0.05, 0.1) is 0 Å². The van der Waals surface area contributed by atoms with Gasteiger partial charge in [-0.1, -0.05) is 54.6 Å². The fourth-order valence-electron chi connectivity index (χ4n) is 3.41. The summed E-state index contributed by atoms with van der Waals surface area (Å²) in [6, 6.07) is 19.8. The van der Waals surface area contributed by atoms with Gasteiger partial charge in [-0.3, -0.25) is 0 Å². The molecule has 3 rings (SSSR count). The van der Waals surface area contributed by atoms with Crippen LogP contribution < -0.4 is 5.32 Å². The van der Waals surface area contributed by atoms with Crippen molar-refractivity contribution in [1.29, 1.82) is 0 Å². The largest absolute Gasteiger partial charge is 0.316 e. The highest BCUT2D eigenvalue weighted by atomic mass is 14.9. The van der Waals surface area contributed by atoms with E-state index in [0.717, 1.165) is 13.1 Å². The molecular formula is C20H25N. The molecule has 2 aromatic carbocycles. The monoisotopic (exact) mass is 279 g/mol. The summed E-state index contributed by atoms with van der Waals surface area (Å²) >= 11 is 0. The lowest BCUT2D eigenvalue weighted by Gasteiger charge is -2.25. The van der Waals surface area contributed by atoms with E-state index < -0.39 is 0 Å². The minimum absolute atomic E-state index is 0.715. The molecule has 2 aromatic rings. The van der Waals surface area contributed by atoms with Gasteiger partial charge in [0, 0.05) is 6.54 Å². The Balaban J connectivity index is 1.42. The van der Waals surface area contributed by atoms with Crippen LogP contribution in [0.25, 0.3) is 0 Å². The van der Waals surface area contributed by atoms with E-state index in [2.05, 4.69) is 59.9 Å². The van der Waals surface area contributed by atoms with Crippen LogP contribution in [0.15, 0.2) is 54.6 Å². The Labute approximate surface area is 128 Å². The van der Waals surface area contributed by atoms with E-state index >= 15 is 0 Å². The summed E-state index contributed by atoms with van der Waals surface area (Å²) in [6.45, 7) is 2.25. The van der Waals surface area contributed by atoms with E-state index in [1.807, 2.05) is 0 Å². The minimum Gasteiger partial charge on any atom is -0.316 e. The number of hydrogen-bond acceptors (Lipinski definition) is 1. The molecule has 1 nitrogen and oxygen atoms in total. The number of aryl methyl sites for hydroxylation is 2. The molecule has 1 heteroatoms. The van der Waals surface area contributed by atoms with E-state index in [9.17, 15) is 0 Å². The van der Waals surface area contributed by atoms with E-state index in [0.29, 0.717) is 5.92 Å². The predicted octanol–water partition coefficient (Wildman–Crippen LogP) is 4.33. The summed E-state index contributed by atoms with van der Waals surface area (Å²) in [5.74, 6) is 0.715. The molecule has 0 fully saturated rings. The van der Waals surface area contributed by atoms with Gasteiger partial charge in [-0.2, -0.15) is 0 Å². The van der Waals surface area contributed by atoms with Gasteiger partial charge < -0.3 is 5.32 Å². The molecule has 1 aliphatic rings. The molecular weight excluding hydrogens is 254 g/mol. The smallest absolute Gasteiger partial charge is 0.00202 e. The molecule has 0 heterocycles. The average Bonchev–Trinajstić information content (AvgIpc) is 2.56. The quantitative estimate of drug-likeness (QED) is 0.776. The summed E-state index contributed by atoms with van der Waals surface area (Å²) < 4.78 is 0. The zero-order valence-electron chi connectivity index (χ0n) is 12.7. The second kappa shape index (κ2) is 7.42. The van der Waals surface area contributed by atoms with Crippen LogP contribution in [-0.2, 0) is 12.8 Å².